The molecule has 1 saturated carbocycles. The van der Waals surface area contributed by atoms with Crippen LogP contribution in [0.15, 0.2) is 0 Å². The van der Waals surface area contributed by atoms with Crippen LogP contribution < -0.4 is 5.32 Å². The highest BCUT2D eigenvalue weighted by molar-refractivity contribution is 4.85. The zero-order chi connectivity index (χ0) is 12.8. The van der Waals surface area contributed by atoms with Crippen molar-refractivity contribution >= 4 is 0 Å². The van der Waals surface area contributed by atoms with Gasteiger partial charge in [0.15, 0.2) is 0 Å². The first-order valence-electron chi connectivity index (χ1n) is 6.99. The lowest BCUT2D eigenvalue weighted by atomic mass is 9.74. The average molecular weight is 243 g/mol. The predicted octanol–water partition coefficient (Wildman–Crippen LogP) is 2.33. The Hall–Kier alpha value is -0.120. The fraction of sp³-hybridized carbons (Fsp3) is 1.00. The van der Waals surface area contributed by atoms with Crippen LogP contribution in [-0.4, -0.2) is 37.0 Å². The second kappa shape index (κ2) is 6.72. The second-order valence-electron chi connectivity index (χ2n) is 6.02. The Morgan fingerprint density at radius 2 is 1.88 bits per heavy atom. The van der Waals surface area contributed by atoms with Crippen molar-refractivity contribution in [2.75, 3.05) is 26.3 Å². The van der Waals surface area contributed by atoms with Gasteiger partial charge in [-0.1, -0.05) is 19.3 Å². The van der Waals surface area contributed by atoms with Crippen LogP contribution in [0.3, 0.4) is 0 Å². The quantitative estimate of drug-likeness (QED) is 0.721. The molecule has 0 aliphatic heterocycles. The summed E-state index contributed by atoms with van der Waals surface area (Å²) >= 11 is 0. The number of aliphatic hydroxyl groups excluding tert-OH is 1. The molecule has 2 N–H and O–H groups in total. The molecule has 102 valence electrons. The highest BCUT2D eigenvalue weighted by Crippen LogP contribution is 2.35. The van der Waals surface area contributed by atoms with Gasteiger partial charge in [0.25, 0.3) is 0 Å². The smallest absolute Gasteiger partial charge is 0.0750 e. The van der Waals surface area contributed by atoms with Crippen LogP contribution in [0.5, 0.6) is 0 Å². The van der Waals surface area contributed by atoms with E-state index in [0.29, 0.717) is 6.61 Å². The summed E-state index contributed by atoms with van der Waals surface area (Å²) in [5, 5.41) is 13.1. The van der Waals surface area contributed by atoms with Gasteiger partial charge in [-0.15, -0.1) is 0 Å². The molecule has 0 aromatic rings. The standard InChI is InChI=1S/C14H29NO2/c1-4-17-13(2,3)10-15-11-14(12-16)8-6-5-7-9-14/h15-16H,4-12H2,1-3H3. The van der Waals surface area contributed by atoms with Crippen LogP contribution in [0.2, 0.25) is 0 Å². The Morgan fingerprint density at radius 3 is 2.41 bits per heavy atom. The van der Waals surface area contributed by atoms with Crippen LogP contribution in [-0.2, 0) is 4.74 Å². The molecule has 1 rings (SSSR count). The summed E-state index contributed by atoms with van der Waals surface area (Å²) in [5.74, 6) is 0. The fourth-order valence-corrected chi connectivity index (χ4v) is 2.76. The van der Waals surface area contributed by atoms with Crippen LogP contribution in [0.1, 0.15) is 52.9 Å². The lowest BCUT2D eigenvalue weighted by Gasteiger charge is -2.37. The molecule has 3 heteroatoms. The molecule has 0 aromatic carbocycles. The average Bonchev–Trinajstić information content (AvgIpc) is 2.30. The van der Waals surface area contributed by atoms with Gasteiger partial charge in [-0.3, -0.25) is 0 Å². The summed E-state index contributed by atoms with van der Waals surface area (Å²) in [6, 6.07) is 0. The van der Waals surface area contributed by atoms with Gasteiger partial charge in [-0.25, -0.2) is 0 Å². The van der Waals surface area contributed by atoms with Crippen molar-refractivity contribution in [3.8, 4) is 0 Å². The molecule has 1 aliphatic rings. The summed E-state index contributed by atoms with van der Waals surface area (Å²) in [4.78, 5) is 0. The third kappa shape index (κ3) is 4.94. The Bertz CT molecular complexity index is 210. The van der Waals surface area contributed by atoms with Crippen molar-refractivity contribution in [1.29, 1.82) is 0 Å². The molecule has 1 fully saturated rings. The molecule has 3 nitrogen and oxygen atoms in total. The third-order valence-electron chi connectivity index (χ3n) is 3.84. The number of rotatable bonds is 7. The summed E-state index contributed by atoms with van der Waals surface area (Å²) in [6.45, 7) is 9.07. The molecule has 17 heavy (non-hydrogen) atoms. The van der Waals surface area contributed by atoms with E-state index in [-0.39, 0.29) is 11.0 Å². The van der Waals surface area contributed by atoms with Crippen LogP contribution in [0, 0.1) is 5.41 Å². The van der Waals surface area contributed by atoms with Crippen molar-refractivity contribution < 1.29 is 9.84 Å². The first-order chi connectivity index (χ1) is 8.04. The molecule has 0 bridgehead atoms. The summed E-state index contributed by atoms with van der Waals surface area (Å²) in [6.07, 6.45) is 6.16. The van der Waals surface area contributed by atoms with Gasteiger partial charge >= 0.3 is 0 Å². The summed E-state index contributed by atoms with van der Waals surface area (Å²) < 4.78 is 5.66. The molecule has 1 aliphatic carbocycles. The molecule has 0 atom stereocenters. The van der Waals surface area contributed by atoms with E-state index in [4.69, 9.17) is 4.74 Å². The minimum Gasteiger partial charge on any atom is -0.396 e. The van der Waals surface area contributed by atoms with Crippen molar-refractivity contribution in [2.24, 2.45) is 5.41 Å². The van der Waals surface area contributed by atoms with E-state index in [1.165, 1.54) is 19.3 Å². The third-order valence-corrected chi connectivity index (χ3v) is 3.84. The second-order valence-corrected chi connectivity index (χ2v) is 6.02. The maximum absolute atomic E-state index is 9.60. The molecule has 0 aromatic heterocycles. The Labute approximate surface area is 106 Å². The Kier molecular flexibility index (Phi) is 5.90. The normalized spacial score (nSPS) is 20.5. The monoisotopic (exact) mass is 243 g/mol. The van der Waals surface area contributed by atoms with Gasteiger partial charge in [-0.2, -0.15) is 0 Å². The molecular weight excluding hydrogens is 214 g/mol. The number of aliphatic hydroxyl groups is 1. The van der Waals surface area contributed by atoms with Crippen molar-refractivity contribution in [2.45, 2.75) is 58.5 Å². The van der Waals surface area contributed by atoms with Crippen LogP contribution >= 0.6 is 0 Å². The summed E-state index contributed by atoms with van der Waals surface area (Å²) in [5.41, 5.74) is 0.0145. The highest BCUT2D eigenvalue weighted by Gasteiger charge is 2.31. The molecule has 0 spiro atoms. The maximum Gasteiger partial charge on any atom is 0.0750 e. The summed E-state index contributed by atoms with van der Waals surface area (Å²) in [7, 11) is 0. The highest BCUT2D eigenvalue weighted by atomic mass is 16.5. The van der Waals surface area contributed by atoms with Gasteiger partial charge in [0.2, 0.25) is 0 Å². The molecule has 0 radical (unpaired) electrons. The largest absolute Gasteiger partial charge is 0.396 e. The number of hydrogen-bond donors (Lipinski definition) is 2. The van der Waals surface area contributed by atoms with E-state index in [0.717, 1.165) is 32.5 Å². The van der Waals surface area contributed by atoms with Crippen molar-refractivity contribution in [3.63, 3.8) is 0 Å². The van der Waals surface area contributed by atoms with Crippen molar-refractivity contribution in [1.82, 2.24) is 5.32 Å². The Balaban J connectivity index is 2.32. The van der Waals surface area contributed by atoms with E-state index in [2.05, 4.69) is 19.2 Å². The van der Waals surface area contributed by atoms with E-state index >= 15 is 0 Å². The van der Waals surface area contributed by atoms with E-state index in [1.54, 1.807) is 0 Å². The molecule has 0 amide bonds. The fourth-order valence-electron chi connectivity index (χ4n) is 2.76. The minimum atomic E-state index is -0.111. The molecule has 0 heterocycles. The molecule has 0 unspecified atom stereocenters. The van der Waals surface area contributed by atoms with Gasteiger partial charge in [0, 0.05) is 31.7 Å². The van der Waals surface area contributed by atoms with Gasteiger partial charge < -0.3 is 15.2 Å². The van der Waals surface area contributed by atoms with Crippen LogP contribution in [0.25, 0.3) is 0 Å². The van der Waals surface area contributed by atoms with Gasteiger partial charge in [-0.05, 0) is 33.6 Å². The van der Waals surface area contributed by atoms with Crippen molar-refractivity contribution in [3.05, 3.63) is 0 Å². The predicted molar refractivity (Wildman–Crippen MR) is 71.2 cm³/mol. The minimum absolute atomic E-state index is 0.111. The van der Waals surface area contributed by atoms with E-state index < -0.39 is 0 Å². The zero-order valence-electron chi connectivity index (χ0n) is 11.7. The lowest BCUT2D eigenvalue weighted by Crippen LogP contribution is -2.45. The first-order valence-corrected chi connectivity index (χ1v) is 6.99. The zero-order valence-corrected chi connectivity index (χ0v) is 11.7. The Morgan fingerprint density at radius 1 is 1.24 bits per heavy atom. The number of nitrogens with one attached hydrogen (secondary N) is 1. The SMILES string of the molecule is CCOC(C)(C)CNCC1(CO)CCCCC1. The lowest BCUT2D eigenvalue weighted by molar-refractivity contribution is -0.0132. The van der Waals surface area contributed by atoms with E-state index in [1.807, 2.05) is 6.92 Å². The first kappa shape index (κ1) is 14.9. The van der Waals surface area contributed by atoms with Gasteiger partial charge in [0.05, 0.1) is 5.60 Å². The molecular formula is C14H29NO2. The topological polar surface area (TPSA) is 41.5 Å². The van der Waals surface area contributed by atoms with Gasteiger partial charge in [0.1, 0.15) is 0 Å². The molecule has 0 saturated heterocycles. The van der Waals surface area contributed by atoms with E-state index in [9.17, 15) is 5.11 Å². The van der Waals surface area contributed by atoms with Crippen LogP contribution in [0.4, 0.5) is 0 Å². The number of ether oxygens (including phenoxy) is 1. The maximum atomic E-state index is 9.60. The number of hydrogen-bond acceptors (Lipinski definition) is 3.